The molecule has 92 valence electrons. The smallest absolute Gasteiger partial charge is 0.328 e. The van der Waals surface area contributed by atoms with E-state index in [1.165, 1.54) is 0 Å². The van der Waals surface area contributed by atoms with Crippen molar-refractivity contribution in [1.29, 1.82) is 0 Å². The van der Waals surface area contributed by atoms with Crippen molar-refractivity contribution in [2.75, 3.05) is 19.8 Å². The Hall–Kier alpha value is 0.270. The standard InChI is InChI=1S/C7H17FO5P2/c1-4-11-14(9)7(8)15(10,12-5-2)13-6-3/h7,14H,4-6H2,1-3H3. The highest BCUT2D eigenvalue weighted by molar-refractivity contribution is 7.66. The molecule has 0 rings (SSSR count). The summed E-state index contributed by atoms with van der Waals surface area (Å²) in [5.41, 5.74) is -2.19. The lowest BCUT2D eigenvalue weighted by atomic mass is 10.9. The minimum Gasteiger partial charge on any atom is -0.328 e. The van der Waals surface area contributed by atoms with E-state index in [2.05, 4.69) is 4.52 Å². The van der Waals surface area contributed by atoms with Crippen molar-refractivity contribution in [2.24, 2.45) is 0 Å². The fraction of sp³-hybridized carbons (Fsp3) is 1.00. The first-order chi connectivity index (χ1) is 7.01. The molecule has 0 saturated carbocycles. The summed E-state index contributed by atoms with van der Waals surface area (Å²) in [6, 6.07) is 0. The molecule has 0 saturated heterocycles. The lowest BCUT2D eigenvalue weighted by molar-refractivity contribution is 0.200. The molecule has 2 atom stereocenters. The zero-order valence-corrected chi connectivity index (χ0v) is 11.0. The van der Waals surface area contributed by atoms with Crippen LogP contribution in [0.1, 0.15) is 20.8 Å². The van der Waals surface area contributed by atoms with E-state index in [0.29, 0.717) is 0 Å². The molecule has 0 aromatic heterocycles. The van der Waals surface area contributed by atoms with Gasteiger partial charge in [-0.15, -0.1) is 0 Å². The van der Waals surface area contributed by atoms with Crippen LogP contribution in [0.25, 0.3) is 0 Å². The summed E-state index contributed by atoms with van der Waals surface area (Å²) in [5, 5.41) is 0. The molecule has 0 bridgehead atoms. The average molecular weight is 262 g/mol. The second-order valence-corrected chi connectivity index (χ2v) is 6.43. The van der Waals surface area contributed by atoms with Gasteiger partial charge < -0.3 is 13.6 Å². The third-order valence-corrected chi connectivity index (χ3v) is 5.71. The van der Waals surface area contributed by atoms with Crippen molar-refractivity contribution in [1.82, 2.24) is 0 Å². The third-order valence-electron chi connectivity index (χ3n) is 1.38. The molecule has 0 aromatic carbocycles. The van der Waals surface area contributed by atoms with Crippen LogP contribution in [-0.2, 0) is 22.7 Å². The Morgan fingerprint density at radius 1 is 1.20 bits per heavy atom. The molecule has 0 aliphatic heterocycles. The van der Waals surface area contributed by atoms with E-state index in [0.717, 1.165) is 0 Å². The van der Waals surface area contributed by atoms with E-state index < -0.39 is 21.3 Å². The first-order valence-corrected chi connectivity index (χ1v) is 7.71. The van der Waals surface area contributed by atoms with Crippen molar-refractivity contribution < 1.29 is 27.1 Å². The maximum atomic E-state index is 13.5. The van der Waals surface area contributed by atoms with E-state index in [9.17, 15) is 13.5 Å². The predicted octanol–water partition coefficient (Wildman–Crippen LogP) is 3.02. The molecule has 0 radical (unpaired) electrons. The largest absolute Gasteiger partial charge is 0.374 e. The summed E-state index contributed by atoms with van der Waals surface area (Å²) >= 11 is 0. The molecule has 0 amide bonds. The molecular weight excluding hydrogens is 245 g/mol. The first kappa shape index (κ1) is 15.3. The number of halogens is 1. The second kappa shape index (κ2) is 7.53. The lowest BCUT2D eigenvalue weighted by Crippen LogP contribution is -2.06. The predicted molar refractivity (Wildman–Crippen MR) is 56.4 cm³/mol. The number of hydrogen-bond acceptors (Lipinski definition) is 5. The second-order valence-electron chi connectivity index (χ2n) is 2.46. The van der Waals surface area contributed by atoms with Crippen molar-refractivity contribution in [2.45, 2.75) is 26.4 Å². The molecule has 15 heavy (non-hydrogen) atoms. The molecule has 0 heterocycles. The molecule has 0 aliphatic carbocycles. The molecule has 5 nitrogen and oxygen atoms in total. The van der Waals surface area contributed by atoms with Gasteiger partial charge in [-0.2, -0.15) is 0 Å². The van der Waals surface area contributed by atoms with Gasteiger partial charge in [0.05, 0.1) is 19.8 Å². The maximum Gasteiger partial charge on any atom is 0.374 e. The summed E-state index contributed by atoms with van der Waals surface area (Å²) < 4.78 is 50.4. The van der Waals surface area contributed by atoms with Crippen LogP contribution < -0.4 is 0 Å². The Balaban J connectivity index is 4.60. The van der Waals surface area contributed by atoms with Crippen molar-refractivity contribution >= 4 is 15.6 Å². The Morgan fingerprint density at radius 3 is 2.00 bits per heavy atom. The highest BCUT2D eigenvalue weighted by Crippen LogP contribution is 2.62. The van der Waals surface area contributed by atoms with Crippen LogP contribution in [0.4, 0.5) is 4.39 Å². The molecule has 8 heteroatoms. The van der Waals surface area contributed by atoms with E-state index >= 15 is 0 Å². The van der Waals surface area contributed by atoms with Gasteiger partial charge in [-0.1, -0.05) is 0 Å². The van der Waals surface area contributed by atoms with Gasteiger partial charge in [-0.05, 0) is 20.8 Å². The van der Waals surface area contributed by atoms with Gasteiger partial charge in [0.25, 0.3) is 5.65 Å². The Morgan fingerprint density at radius 2 is 1.67 bits per heavy atom. The highest BCUT2D eigenvalue weighted by atomic mass is 31.2. The molecule has 0 fully saturated rings. The summed E-state index contributed by atoms with van der Waals surface area (Å²) in [7, 11) is -7.00. The SMILES string of the molecule is CCO[PH](=O)C(F)P(=O)(OCC)OCC. The summed E-state index contributed by atoms with van der Waals surface area (Å²) in [6.45, 7) is 4.82. The zero-order chi connectivity index (χ0) is 11.9. The summed E-state index contributed by atoms with van der Waals surface area (Å²) in [6.07, 6.45) is 0. The van der Waals surface area contributed by atoms with E-state index in [1.54, 1.807) is 20.8 Å². The molecule has 0 aromatic rings. The highest BCUT2D eigenvalue weighted by Gasteiger charge is 2.40. The normalized spacial score (nSPS) is 16.3. The Kier molecular flexibility index (Phi) is 7.66. The lowest BCUT2D eigenvalue weighted by Gasteiger charge is -2.19. The van der Waals surface area contributed by atoms with Gasteiger partial charge in [0.15, 0.2) is 0 Å². The van der Waals surface area contributed by atoms with E-state index in [4.69, 9.17) is 9.05 Å². The third kappa shape index (κ3) is 4.75. The van der Waals surface area contributed by atoms with Crippen LogP contribution >= 0.6 is 15.6 Å². The van der Waals surface area contributed by atoms with Crippen LogP contribution in [0.5, 0.6) is 0 Å². The molecule has 2 unspecified atom stereocenters. The van der Waals surface area contributed by atoms with Crippen LogP contribution in [0, 0.1) is 0 Å². The fourth-order valence-electron chi connectivity index (χ4n) is 0.868. The van der Waals surface area contributed by atoms with Gasteiger partial charge >= 0.3 is 7.60 Å². The summed E-state index contributed by atoms with van der Waals surface area (Å²) in [5.74, 6) is 0. The number of alkyl halides is 1. The topological polar surface area (TPSA) is 61.8 Å². The van der Waals surface area contributed by atoms with E-state index in [1.807, 2.05) is 0 Å². The number of hydrogen-bond donors (Lipinski definition) is 0. The summed E-state index contributed by atoms with van der Waals surface area (Å²) in [4.78, 5) is 0. The molecule has 0 spiro atoms. The van der Waals surface area contributed by atoms with Crippen molar-refractivity contribution in [3.05, 3.63) is 0 Å². The minimum atomic E-state index is -3.96. The zero-order valence-electron chi connectivity index (χ0n) is 9.07. The Bertz CT molecular complexity index is 238. The number of rotatable bonds is 8. The molecule has 0 aliphatic rings. The van der Waals surface area contributed by atoms with Crippen LogP contribution in [0.15, 0.2) is 0 Å². The van der Waals surface area contributed by atoms with Gasteiger partial charge in [0, 0.05) is 0 Å². The van der Waals surface area contributed by atoms with Crippen molar-refractivity contribution in [3.8, 4) is 0 Å². The van der Waals surface area contributed by atoms with Crippen LogP contribution in [0.3, 0.4) is 0 Å². The van der Waals surface area contributed by atoms with E-state index in [-0.39, 0.29) is 19.8 Å². The van der Waals surface area contributed by atoms with Gasteiger partial charge in [0.2, 0.25) is 8.03 Å². The fourth-order valence-corrected chi connectivity index (χ4v) is 4.05. The Labute approximate surface area is 89.7 Å². The van der Waals surface area contributed by atoms with Gasteiger partial charge in [-0.25, -0.2) is 4.39 Å². The van der Waals surface area contributed by atoms with Crippen LogP contribution in [-0.4, -0.2) is 25.5 Å². The van der Waals surface area contributed by atoms with Gasteiger partial charge in [0.1, 0.15) is 0 Å². The first-order valence-electron chi connectivity index (χ1n) is 4.71. The molecular formula is C7H17FO5P2. The minimum absolute atomic E-state index is 0.0268. The van der Waals surface area contributed by atoms with Gasteiger partial charge in [-0.3, -0.25) is 9.13 Å². The van der Waals surface area contributed by atoms with Crippen LogP contribution in [0.2, 0.25) is 0 Å². The molecule has 0 N–H and O–H groups in total. The quantitative estimate of drug-likeness (QED) is 0.629. The van der Waals surface area contributed by atoms with Crippen molar-refractivity contribution in [3.63, 3.8) is 0 Å². The average Bonchev–Trinajstić information content (AvgIpc) is 2.17. The monoisotopic (exact) mass is 262 g/mol. The maximum absolute atomic E-state index is 13.5.